The Hall–Kier alpha value is -5.13. The van der Waals surface area contributed by atoms with E-state index < -0.39 is 18.1 Å². The SMILES string of the molecule is CC/C=C/c1nc2c(N)cc(C(=O)N(C)C)cc2n1Cc1ccc(-c2ccccc2C(=O)O)cc1.O=C(O)C(F)(F)F. The van der Waals surface area contributed by atoms with E-state index in [1.54, 1.807) is 32.3 Å². The largest absolute Gasteiger partial charge is 0.490 e. The van der Waals surface area contributed by atoms with E-state index in [2.05, 4.69) is 6.92 Å². The van der Waals surface area contributed by atoms with Crippen molar-refractivity contribution in [2.75, 3.05) is 19.8 Å². The molecule has 0 spiro atoms. The second-order valence-electron chi connectivity index (χ2n) is 9.35. The van der Waals surface area contributed by atoms with Crippen molar-refractivity contribution in [2.24, 2.45) is 0 Å². The summed E-state index contributed by atoms with van der Waals surface area (Å²) in [6.07, 6.45) is -0.225. The molecule has 42 heavy (non-hydrogen) atoms. The Morgan fingerprint density at radius 2 is 1.64 bits per heavy atom. The highest BCUT2D eigenvalue weighted by Gasteiger charge is 2.38. The van der Waals surface area contributed by atoms with Crippen LogP contribution >= 0.6 is 0 Å². The van der Waals surface area contributed by atoms with Crippen LogP contribution in [0.15, 0.2) is 66.7 Å². The van der Waals surface area contributed by atoms with Crippen LogP contribution in [0.3, 0.4) is 0 Å². The molecule has 9 nitrogen and oxygen atoms in total. The summed E-state index contributed by atoms with van der Waals surface area (Å²) >= 11 is 0. The Kier molecular flexibility index (Phi) is 9.74. The zero-order valence-corrected chi connectivity index (χ0v) is 23.0. The van der Waals surface area contributed by atoms with Crippen LogP contribution in [0.1, 0.15) is 45.4 Å². The molecule has 4 N–H and O–H groups in total. The van der Waals surface area contributed by atoms with E-state index in [0.29, 0.717) is 28.9 Å². The average molecular weight is 583 g/mol. The number of halogens is 3. The van der Waals surface area contributed by atoms with Crippen molar-refractivity contribution >= 4 is 40.6 Å². The number of nitrogens with zero attached hydrogens (tertiary/aromatic N) is 3. The smallest absolute Gasteiger partial charge is 0.478 e. The normalized spacial score (nSPS) is 11.3. The first kappa shape index (κ1) is 31.4. The summed E-state index contributed by atoms with van der Waals surface area (Å²) in [5.74, 6) is -3.09. The molecular weight excluding hydrogens is 553 g/mol. The van der Waals surface area contributed by atoms with Crippen LogP contribution in [-0.4, -0.2) is 62.8 Å². The Bertz CT molecular complexity index is 1640. The highest BCUT2D eigenvalue weighted by molar-refractivity contribution is 6.01. The second-order valence-corrected chi connectivity index (χ2v) is 9.35. The third kappa shape index (κ3) is 7.33. The molecule has 1 amide bonds. The number of hydrogen-bond donors (Lipinski definition) is 3. The molecule has 0 fully saturated rings. The van der Waals surface area contributed by atoms with Gasteiger partial charge in [-0.3, -0.25) is 4.79 Å². The summed E-state index contributed by atoms with van der Waals surface area (Å²) < 4.78 is 33.8. The summed E-state index contributed by atoms with van der Waals surface area (Å²) in [5.41, 5.74) is 11.5. The Morgan fingerprint density at radius 1 is 1.02 bits per heavy atom. The summed E-state index contributed by atoms with van der Waals surface area (Å²) in [4.78, 5) is 39.4. The molecule has 0 saturated carbocycles. The number of aliphatic carboxylic acids is 1. The number of carbonyl (C=O) groups excluding carboxylic acids is 1. The number of allylic oxidation sites excluding steroid dienone is 1. The fourth-order valence-corrected chi connectivity index (χ4v) is 4.06. The number of fused-ring (bicyclic) bond motifs is 1. The quantitative estimate of drug-likeness (QED) is 0.235. The molecule has 220 valence electrons. The van der Waals surface area contributed by atoms with Crippen molar-refractivity contribution in [3.8, 4) is 11.1 Å². The molecule has 0 atom stereocenters. The van der Waals surface area contributed by atoms with Crippen LogP contribution in [0.2, 0.25) is 0 Å². The molecule has 0 unspecified atom stereocenters. The Balaban J connectivity index is 0.000000616. The Morgan fingerprint density at radius 3 is 2.19 bits per heavy atom. The third-order valence-corrected chi connectivity index (χ3v) is 6.07. The maximum Gasteiger partial charge on any atom is 0.490 e. The minimum absolute atomic E-state index is 0.126. The molecule has 12 heteroatoms. The van der Waals surface area contributed by atoms with Gasteiger partial charge in [-0.2, -0.15) is 13.2 Å². The number of hydrogen-bond acceptors (Lipinski definition) is 5. The number of carboxylic acids is 2. The van der Waals surface area contributed by atoms with Gasteiger partial charge in [-0.1, -0.05) is 55.5 Å². The van der Waals surface area contributed by atoms with Gasteiger partial charge in [0.2, 0.25) is 0 Å². The average Bonchev–Trinajstić information content (AvgIpc) is 3.29. The fraction of sp³-hybridized carbons (Fsp3) is 0.200. The predicted molar refractivity (Wildman–Crippen MR) is 153 cm³/mol. The predicted octanol–water partition coefficient (Wildman–Crippen LogP) is 5.79. The van der Waals surface area contributed by atoms with Gasteiger partial charge in [0.25, 0.3) is 5.91 Å². The highest BCUT2D eigenvalue weighted by atomic mass is 19.4. The number of anilines is 1. The topological polar surface area (TPSA) is 139 Å². The lowest BCUT2D eigenvalue weighted by Gasteiger charge is -2.13. The number of rotatable bonds is 7. The van der Waals surface area contributed by atoms with Gasteiger partial charge in [0.05, 0.1) is 16.8 Å². The molecule has 1 aromatic heterocycles. The Labute approximate surface area is 239 Å². The number of amides is 1. The van der Waals surface area contributed by atoms with Crippen LogP contribution in [0, 0.1) is 0 Å². The molecule has 4 rings (SSSR count). The highest BCUT2D eigenvalue weighted by Crippen LogP contribution is 2.28. The molecular formula is C30H29F3N4O5. The minimum Gasteiger partial charge on any atom is -0.478 e. The second kappa shape index (κ2) is 13.0. The lowest BCUT2D eigenvalue weighted by atomic mass is 9.99. The summed E-state index contributed by atoms with van der Waals surface area (Å²) in [6, 6.07) is 18.3. The standard InChI is InChI=1S/C28H28N4O3.C2HF3O2/c1-4-5-10-25-30-26-23(29)15-20(27(33)31(2)3)16-24(26)32(25)17-18-11-13-19(14-12-18)21-8-6-7-9-22(21)28(34)35;3-2(4,5)1(6)7/h5-16H,4,17,29H2,1-3H3,(H,34,35);(H,6,7)/b10-5+;. The van der Waals surface area contributed by atoms with Gasteiger partial charge in [-0.25, -0.2) is 14.6 Å². The van der Waals surface area contributed by atoms with Crippen LogP contribution < -0.4 is 5.73 Å². The van der Waals surface area contributed by atoms with E-state index in [0.717, 1.165) is 28.9 Å². The molecule has 3 aromatic carbocycles. The van der Waals surface area contributed by atoms with Gasteiger partial charge < -0.3 is 25.4 Å². The van der Waals surface area contributed by atoms with E-state index in [1.807, 2.05) is 59.2 Å². The number of alkyl halides is 3. The lowest BCUT2D eigenvalue weighted by molar-refractivity contribution is -0.192. The molecule has 0 aliphatic heterocycles. The van der Waals surface area contributed by atoms with Gasteiger partial charge in [-0.15, -0.1) is 0 Å². The van der Waals surface area contributed by atoms with E-state index >= 15 is 0 Å². The van der Waals surface area contributed by atoms with Crippen molar-refractivity contribution in [2.45, 2.75) is 26.1 Å². The van der Waals surface area contributed by atoms with Gasteiger partial charge in [-0.05, 0) is 47.4 Å². The van der Waals surface area contributed by atoms with Crippen molar-refractivity contribution in [1.29, 1.82) is 0 Å². The zero-order valence-electron chi connectivity index (χ0n) is 23.0. The van der Waals surface area contributed by atoms with Crippen LogP contribution in [-0.2, 0) is 11.3 Å². The molecule has 4 aromatic rings. The maximum atomic E-state index is 12.6. The van der Waals surface area contributed by atoms with Crippen LogP contribution in [0.5, 0.6) is 0 Å². The molecule has 0 bridgehead atoms. The van der Waals surface area contributed by atoms with E-state index in [4.69, 9.17) is 20.6 Å². The van der Waals surface area contributed by atoms with Crippen molar-refractivity contribution in [3.05, 3.63) is 89.3 Å². The van der Waals surface area contributed by atoms with Gasteiger partial charge in [0.1, 0.15) is 11.3 Å². The summed E-state index contributed by atoms with van der Waals surface area (Å²) in [6.45, 7) is 2.57. The number of carboxylic acid groups (broad SMARTS) is 2. The molecule has 1 heterocycles. The van der Waals surface area contributed by atoms with Crippen molar-refractivity contribution in [1.82, 2.24) is 14.5 Å². The zero-order chi connectivity index (χ0) is 31.2. The summed E-state index contributed by atoms with van der Waals surface area (Å²) in [7, 11) is 3.42. The molecule has 0 radical (unpaired) electrons. The number of aromatic nitrogens is 2. The fourth-order valence-electron chi connectivity index (χ4n) is 4.06. The molecule has 0 saturated heterocycles. The van der Waals surface area contributed by atoms with E-state index in [-0.39, 0.29) is 11.5 Å². The number of imidazole rings is 1. The van der Waals surface area contributed by atoms with E-state index in [1.165, 1.54) is 4.90 Å². The molecule has 0 aliphatic rings. The van der Waals surface area contributed by atoms with Gasteiger partial charge in [0.15, 0.2) is 0 Å². The maximum absolute atomic E-state index is 12.6. The summed E-state index contributed by atoms with van der Waals surface area (Å²) in [5, 5.41) is 16.6. The van der Waals surface area contributed by atoms with Crippen LogP contribution in [0.25, 0.3) is 28.2 Å². The third-order valence-electron chi connectivity index (χ3n) is 6.07. The first-order valence-electron chi connectivity index (χ1n) is 12.6. The van der Waals surface area contributed by atoms with Gasteiger partial charge >= 0.3 is 18.1 Å². The van der Waals surface area contributed by atoms with Crippen molar-refractivity contribution < 1.29 is 37.8 Å². The minimum atomic E-state index is -5.08. The lowest BCUT2D eigenvalue weighted by Crippen LogP contribution is -2.21. The number of aromatic carboxylic acids is 1. The van der Waals surface area contributed by atoms with Crippen molar-refractivity contribution in [3.63, 3.8) is 0 Å². The monoisotopic (exact) mass is 582 g/mol. The van der Waals surface area contributed by atoms with Crippen LogP contribution in [0.4, 0.5) is 18.9 Å². The number of carbonyl (C=O) groups is 3. The molecule has 0 aliphatic carbocycles. The van der Waals surface area contributed by atoms with Gasteiger partial charge in [0, 0.05) is 26.2 Å². The number of nitrogen functional groups attached to an aromatic ring is 1. The van der Waals surface area contributed by atoms with E-state index in [9.17, 15) is 27.9 Å². The number of nitrogens with two attached hydrogens (primary N) is 1. The first-order valence-corrected chi connectivity index (χ1v) is 12.6. The number of benzene rings is 3. The first-order chi connectivity index (χ1) is 19.7.